The summed E-state index contributed by atoms with van der Waals surface area (Å²) in [6.07, 6.45) is -2.03. The van der Waals surface area contributed by atoms with Gasteiger partial charge in [-0.1, -0.05) is 30.3 Å². The number of hydrogen-bond acceptors (Lipinski definition) is 5. The first-order valence-electron chi connectivity index (χ1n) is 9.89. The average molecular weight is 458 g/mol. The Morgan fingerprint density at radius 1 is 1.19 bits per heavy atom. The molecular weight excluding hydrogens is 431 g/mol. The summed E-state index contributed by atoms with van der Waals surface area (Å²) in [5, 5.41) is 6.80. The minimum Gasteiger partial charge on any atom is -0.405 e. The molecule has 170 valence electrons. The second-order valence-corrected chi connectivity index (χ2v) is 9.56. The summed E-state index contributed by atoms with van der Waals surface area (Å²) < 4.78 is 67.6. The molecule has 2 N–H and O–H groups in total. The summed E-state index contributed by atoms with van der Waals surface area (Å²) in [4.78, 5) is 0. The maximum atomic E-state index is 12.9. The van der Waals surface area contributed by atoms with Crippen LogP contribution in [0.2, 0.25) is 0 Å². The number of benzene rings is 2. The first kappa shape index (κ1) is 23.4. The van der Waals surface area contributed by atoms with Gasteiger partial charge in [-0.15, -0.1) is 13.2 Å². The molecule has 1 aliphatic heterocycles. The summed E-state index contributed by atoms with van der Waals surface area (Å²) in [6.45, 7) is 0.946. The van der Waals surface area contributed by atoms with Crippen LogP contribution in [-0.2, 0) is 16.6 Å². The number of sulfonamides is 1. The molecule has 1 heterocycles. The van der Waals surface area contributed by atoms with Gasteiger partial charge < -0.3 is 15.4 Å². The topological polar surface area (TPSA) is 70.7 Å². The number of halogens is 3. The predicted molar refractivity (Wildman–Crippen MR) is 113 cm³/mol. The smallest absolute Gasteiger partial charge is 0.405 e. The second-order valence-electron chi connectivity index (χ2n) is 7.54. The number of nitrogens with one attached hydrogen (secondary N) is 2. The van der Waals surface area contributed by atoms with E-state index >= 15 is 0 Å². The van der Waals surface area contributed by atoms with Gasteiger partial charge in [0, 0.05) is 31.2 Å². The van der Waals surface area contributed by atoms with Crippen molar-refractivity contribution in [3.63, 3.8) is 0 Å². The predicted octanol–water partition coefficient (Wildman–Crippen LogP) is 3.56. The number of piperidine rings is 1. The quantitative estimate of drug-likeness (QED) is 0.665. The summed E-state index contributed by atoms with van der Waals surface area (Å²) in [7, 11) is -2.21. The second kappa shape index (κ2) is 9.46. The van der Waals surface area contributed by atoms with Gasteiger partial charge >= 0.3 is 6.36 Å². The van der Waals surface area contributed by atoms with Crippen molar-refractivity contribution >= 4 is 15.7 Å². The number of hydrogen-bond donors (Lipinski definition) is 2. The maximum absolute atomic E-state index is 12.9. The fraction of sp³-hybridized carbons (Fsp3) is 0.429. The molecule has 0 bridgehead atoms. The van der Waals surface area contributed by atoms with E-state index in [2.05, 4.69) is 15.4 Å². The highest BCUT2D eigenvalue weighted by Crippen LogP contribution is 2.31. The molecule has 0 unspecified atom stereocenters. The fourth-order valence-electron chi connectivity index (χ4n) is 3.68. The molecule has 31 heavy (non-hydrogen) atoms. The Labute approximate surface area is 180 Å². The lowest BCUT2D eigenvalue weighted by atomic mass is 9.92. The molecule has 0 saturated carbocycles. The van der Waals surface area contributed by atoms with Crippen LogP contribution in [0.15, 0.2) is 48.5 Å². The van der Waals surface area contributed by atoms with Crippen molar-refractivity contribution in [2.24, 2.45) is 0 Å². The van der Waals surface area contributed by atoms with Gasteiger partial charge in [0.1, 0.15) is 5.75 Å². The Hall–Kier alpha value is -2.30. The Bertz CT molecular complexity index is 984. The third-order valence-electron chi connectivity index (χ3n) is 5.30. The maximum Gasteiger partial charge on any atom is 0.573 e. The van der Waals surface area contributed by atoms with Crippen LogP contribution in [0.3, 0.4) is 0 Å². The highest BCUT2D eigenvalue weighted by Gasteiger charge is 2.33. The van der Waals surface area contributed by atoms with E-state index in [0.717, 1.165) is 41.6 Å². The highest BCUT2D eigenvalue weighted by atomic mass is 32.2. The zero-order valence-corrected chi connectivity index (χ0v) is 18.1. The zero-order valence-electron chi connectivity index (χ0n) is 17.3. The molecule has 0 radical (unpaired) electrons. The lowest BCUT2D eigenvalue weighted by molar-refractivity contribution is -0.274. The van der Waals surface area contributed by atoms with Crippen LogP contribution in [0.4, 0.5) is 18.9 Å². The van der Waals surface area contributed by atoms with E-state index in [1.807, 2.05) is 30.3 Å². The van der Waals surface area contributed by atoms with E-state index in [9.17, 15) is 21.6 Å². The molecule has 0 spiro atoms. The van der Waals surface area contributed by atoms with E-state index < -0.39 is 16.4 Å². The van der Waals surface area contributed by atoms with Crippen molar-refractivity contribution in [3.8, 4) is 5.75 Å². The summed E-state index contributed by atoms with van der Waals surface area (Å²) in [5.74, 6) is -0.356. The van der Waals surface area contributed by atoms with Gasteiger partial charge in [0.2, 0.25) is 10.0 Å². The standard InChI is InChI=1S/C21H26F3N3O3S/c1-27(31(2,28)29)17-10-11-19(30-21(22,23)24)16(13-17)14-26-18-9-6-12-25-20(18)15-7-4-3-5-8-15/h3-5,7-8,10-11,13,18,20,25-26H,6,9,12,14H2,1-2H3/t18-,20-/m1/s1. The van der Waals surface area contributed by atoms with Crippen LogP contribution in [0.5, 0.6) is 5.75 Å². The Morgan fingerprint density at radius 3 is 2.55 bits per heavy atom. The number of ether oxygens (including phenoxy) is 1. The van der Waals surface area contributed by atoms with Crippen molar-refractivity contribution in [1.82, 2.24) is 10.6 Å². The van der Waals surface area contributed by atoms with Crippen LogP contribution in [0.25, 0.3) is 0 Å². The van der Waals surface area contributed by atoms with Crippen LogP contribution in [0, 0.1) is 0 Å². The lowest BCUT2D eigenvalue weighted by Gasteiger charge is -2.34. The molecule has 3 rings (SSSR count). The molecule has 0 aliphatic carbocycles. The number of nitrogens with zero attached hydrogens (tertiary/aromatic N) is 1. The van der Waals surface area contributed by atoms with Crippen LogP contribution >= 0.6 is 0 Å². The van der Waals surface area contributed by atoms with Crippen molar-refractivity contribution in [2.75, 3.05) is 24.2 Å². The first-order chi connectivity index (χ1) is 14.5. The molecule has 10 heteroatoms. The van der Waals surface area contributed by atoms with Gasteiger partial charge in [-0.3, -0.25) is 4.31 Å². The molecule has 2 atom stereocenters. The van der Waals surface area contributed by atoms with E-state index in [4.69, 9.17) is 0 Å². The van der Waals surface area contributed by atoms with Gasteiger partial charge in [-0.2, -0.15) is 0 Å². The van der Waals surface area contributed by atoms with Crippen molar-refractivity contribution < 1.29 is 26.3 Å². The molecule has 0 amide bonds. The van der Waals surface area contributed by atoms with Gasteiger partial charge in [-0.05, 0) is 43.1 Å². The molecule has 2 aromatic carbocycles. The van der Waals surface area contributed by atoms with Gasteiger partial charge in [0.05, 0.1) is 11.9 Å². The van der Waals surface area contributed by atoms with Gasteiger partial charge in [-0.25, -0.2) is 8.42 Å². The Morgan fingerprint density at radius 2 is 1.90 bits per heavy atom. The zero-order chi connectivity index (χ0) is 22.6. The van der Waals surface area contributed by atoms with E-state index in [-0.39, 0.29) is 35.6 Å². The monoisotopic (exact) mass is 457 g/mol. The van der Waals surface area contributed by atoms with Crippen molar-refractivity contribution in [2.45, 2.75) is 37.8 Å². The average Bonchev–Trinajstić information content (AvgIpc) is 2.71. The third kappa shape index (κ3) is 6.34. The lowest BCUT2D eigenvalue weighted by Crippen LogP contribution is -2.45. The normalized spacial score (nSPS) is 19.8. The SMILES string of the molecule is CN(c1ccc(OC(F)(F)F)c(CN[C@@H]2CCCN[C@@H]2c2ccccc2)c1)S(C)(=O)=O. The van der Waals surface area contributed by atoms with Crippen molar-refractivity contribution in [1.29, 1.82) is 0 Å². The van der Waals surface area contributed by atoms with Crippen LogP contribution in [0.1, 0.15) is 30.0 Å². The number of rotatable bonds is 7. The van der Waals surface area contributed by atoms with Crippen molar-refractivity contribution in [3.05, 3.63) is 59.7 Å². The highest BCUT2D eigenvalue weighted by molar-refractivity contribution is 7.92. The molecule has 1 aliphatic rings. The van der Waals surface area contributed by atoms with E-state index in [0.29, 0.717) is 0 Å². The Balaban J connectivity index is 1.85. The fourth-order valence-corrected chi connectivity index (χ4v) is 4.17. The molecule has 2 aromatic rings. The molecule has 6 nitrogen and oxygen atoms in total. The minimum absolute atomic E-state index is 0.00817. The molecule has 0 aromatic heterocycles. The minimum atomic E-state index is -4.85. The van der Waals surface area contributed by atoms with Crippen LogP contribution < -0.4 is 19.7 Å². The van der Waals surface area contributed by atoms with E-state index in [1.54, 1.807) is 0 Å². The number of alkyl halides is 3. The van der Waals surface area contributed by atoms with Gasteiger partial charge in [0.15, 0.2) is 0 Å². The summed E-state index contributed by atoms with van der Waals surface area (Å²) in [6, 6.07) is 13.7. The number of anilines is 1. The molecule has 1 fully saturated rings. The Kier molecular flexibility index (Phi) is 7.13. The summed E-state index contributed by atoms with van der Waals surface area (Å²) in [5.41, 5.74) is 1.58. The summed E-state index contributed by atoms with van der Waals surface area (Å²) >= 11 is 0. The third-order valence-corrected chi connectivity index (χ3v) is 6.51. The van der Waals surface area contributed by atoms with E-state index in [1.165, 1.54) is 19.2 Å². The van der Waals surface area contributed by atoms with Crippen LogP contribution in [-0.4, -0.2) is 40.7 Å². The molecular formula is C21H26F3N3O3S. The van der Waals surface area contributed by atoms with Gasteiger partial charge in [0.25, 0.3) is 0 Å². The largest absolute Gasteiger partial charge is 0.573 e. The molecule has 1 saturated heterocycles. The first-order valence-corrected chi connectivity index (χ1v) is 11.7.